The average Bonchev–Trinajstić information content (AvgIpc) is 3.31. The summed E-state index contributed by atoms with van der Waals surface area (Å²) in [5.41, 5.74) is 0.647. The average molecular weight is 272 g/mol. The van der Waals surface area contributed by atoms with Crippen molar-refractivity contribution in [3.05, 3.63) is 36.0 Å². The Morgan fingerprint density at radius 1 is 1.35 bits per heavy atom. The van der Waals surface area contributed by atoms with Crippen molar-refractivity contribution in [2.45, 2.75) is 25.5 Å². The zero-order valence-electron chi connectivity index (χ0n) is 11.7. The molecule has 1 aromatic carbocycles. The van der Waals surface area contributed by atoms with E-state index in [2.05, 4.69) is 16.9 Å². The third-order valence-corrected chi connectivity index (χ3v) is 3.77. The number of likely N-dealkylation sites (N-methyl/N-ethyl adjacent to an activating group) is 1. The molecule has 0 aliphatic heterocycles. The van der Waals surface area contributed by atoms with E-state index in [4.69, 9.17) is 4.74 Å². The Bertz CT molecular complexity index is 596. The molecule has 0 atom stereocenters. The van der Waals surface area contributed by atoms with Gasteiger partial charge in [-0.05, 0) is 37.4 Å². The minimum absolute atomic E-state index is 0.0663. The van der Waals surface area contributed by atoms with Gasteiger partial charge >= 0.3 is 0 Å². The van der Waals surface area contributed by atoms with Gasteiger partial charge in [0, 0.05) is 18.0 Å². The van der Waals surface area contributed by atoms with E-state index in [1.54, 1.807) is 0 Å². The molecular weight excluding hydrogens is 252 g/mol. The molecule has 0 bridgehead atoms. The lowest BCUT2D eigenvalue weighted by atomic mass is 10.1. The van der Waals surface area contributed by atoms with Crippen molar-refractivity contribution in [2.24, 2.45) is 0 Å². The quantitative estimate of drug-likeness (QED) is 0.875. The highest BCUT2D eigenvalue weighted by Crippen LogP contribution is 2.26. The van der Waals surface area contributed by atoms with Crippen LogP contribution in [0.25, 0.3) is 10.8 Å². The third kappa shape index (κ3) is 2.92. The van der Waals surface area contributed by atoms with Crippen LogP contribution in [-0.2, 0) is 6.61 Å². The van der Waals surface area contributed by atoms with Gasteiger partial charge in [-0.2, -0.15) is 0 Å². The van der Waals surface area contributed by atoms with Crippen LogP contribution in [0.1, 0.15) is 18.5 Å². The number of aliphatic hydroxyl groups excluding tert-OH is 1. The number of fused-ring (bicyclic) bond motifs is 1. The number of nitrogens with zero attached hydrogens (tertiary/aromatic N) is 2. The molecule has 0 radical (unpaired) electrons. The van der Waals surface area contributed by atoms with E-state index in [-0.39, 0.29) is 6.61 Å². The van der Waals surface area contributed by atoms with E-state index >= 15 is 0 Å². The predicted octanol–water partition coefficient (Wildman–Crippen LogP) is 2.20. The SMILES string of the molecule is CN(CCOc1nc(CO)cc2ccccc12)C1CC1. The molecule has 20 heavy (non-hydrogen) atoms. The maximum absolute atomic E-state index is 9.29. The van der Waals surface area contributed by atoms with Crippen LogP contribution < -0.4 is 4.74 Å². The first-order valence-electron chi connectivity index (χ1n) is 7.10. The number of benzene rings is 1. The number of aromatic nitrogens is 1. The number of rotatable bonds is 6. The molecule has 2 aromatic rings. The number of hydrogen-bond donors (Lipinski definition) is 1. The second kappa shape index (κ2) is 5.77. The monoisotopic (exact) mass is 272 g/mol. The lowest BCUT2D eigenvalue weighted by Crippen LogP contribution is -2.26. The number of hydrogen-bond acceptors (Lipinski definition) is 4. The largest absolute Gasteiger partial charge is 0.476 e. The standard InChI is InChI=1S/C16H20N2O2/c1-18(14-6-7-14)8-9-20-16-15-5-3-2-4-12(15)10-13(11-19)17-16/h2-5,10,14,19H,6-9,11H2,1H3. The van der Waals surface area contributed by atoms with Gasteiger partial charge in [-0.3, -0.25) is 0 Å². The van der Waals surface area contributed by atoms with Crippen molar-refractivity contribution >= 4 is 10.8 Å². The summed E-state index contributed by atoms with van der Waals surface area (Å²) >= 11 is 0. The Labute approximate surface area is 119 Å². The lowest BCUT2D eigenvalue weighted by Gasteiger charge is -2.16. The molecule has 4 nitrogen and oxygen atoms in total. The fourth-order valence-electron chi connectivity index (χ4n) is 2.40. The van der Waals surface area contributed by atoms with E-state index in [9.17, 15) is 5.11 Å². The van der Waals surface area contributed by atoms with E-state index in [0.717, 1.165) is 23.4 Å². The van der Waals surface area contributed by atoms with Crippen LogP contribution in [0.3, 0.4) is 0 Å². The summed E-state index contributed by atoms with van der Waals surface area (Å²) in [5, 5.41) is 11.3. The van der Waals surface area contributed by atoms with Gasteiger partial charge in [0.15, 0.2) is 0 Å². The molecule has 0 saturated heterocycles. The van der Waals surface area contributed by atoms with Gasteiger partial charge < -0.3 is 14.7 Å². The second-order valence-electron chi connectivity index (χ2n) is 5.36. The van der Waals surface area contributed by atoms with Gasteiger partial charge in [-0.15, -0.1) is 0 Å². The topological polar surface area (TPSA) is 45.6 Å². The van der Waals surface area contributed by atoms with Crippen molar-refractivity contribution < 1.29 is 9.84 Å². The molecule has 1 saturated carbocycles. The first-order chi connectivity index (χ1) is 9.78. The van der Waals surface area contributed by atoms with Crippen LogP contribution in [0.4, 0.5) is 0 Å². The summed E-state index contributed by atoms with van der Waals surface area (Å²) in [6, 6.07) is 10.6. The third-order valence-electron chi connectivity index (χ3n) is 3.77. The minimum Gasteiger partial charge on any atom is -0.476 e. The molecule has 0 amide bonds. The highest BCUT2D eigenvalue weighted by molar-refractivity contribution is 5.87. The molecule has 1 aliphatic carbocycles. The Morgan fingerprint density at radius 3 is 2.90 bits per heavy atom. The lowest BCUT2D eigenvalue weighted by molar-refractivity contribution is 0.226. The van der Waals surface area contributed by atoms with Crippen molar-refractivity contribution in [1.29, 1.82) is 0 Å². The first-order valence-corrected chi connectivity index (χ1v) is 7.10. The number of pyridine rings is 1. The van der Waals surface area contributed by atoms with E-state index in [0.29, 0.717) is 18.2 Å². The summed E-state index contributed by atoms with van der Waals surface area (Å²) < 4.78 is 5.85. The van der Waals surface area contributed by atoms with E-state index in [1.807, 2.05) is 30.3 Å². The van der Waals surface area contributed by atoms with Crippen LogP contribution in [0.5, 0.6) is 5.88 Å². The van der Waals surface area contributed by atoms with Crippen LogP contribution in [-0.4, -0.2) is 41.2 Å². The Hall–Kier alpha value is -1.65. The van der Waals surface area contributed by atoms with Gasteiger partial charge in [-0.1, -0.05) is 18.2 Å². The van der Waals surface area contributed by atoms with Gasteiger partial charge in [0.2, 0.25) is 5.88 Å². The highest BCUT2D eigenvalue weighted by atomic mass is 16.5. The zero-order chi connectivity index (χ0) is 13.9. The van der Waals surface area contributed by atoms with E-state index in [1.165, 1.54) is 12.8 Å². The number of ether oxygens (including phenoxy) is 1. The van der Waals surface area contributed by atoms with Gasteiger partial charge in [-0.25, -0.2) is 4.98 Å². The van der Waals surface area contributed by atoms with Crippen LogP contribution in [0.15, 0.2) is 30.3 Å². The van der Waals surface area contributed by atoms with Crippen LogP contribution in [0, 0.1) is 0 Å². The fraction of sp³-hybridized carbons (Fsp3) is 0.438. The number of aliphatic hydroxyl groups is 1. The smallest absolute Gasteiger partial charge is 0.221 e. The maximum atomic E-state index is 9.29. The molecule has 4 heteroatoms. The normalized spacial score (nSPS) is 14.9. The minimum atomic E-state index is -0.0663. The molecule has 1 fully saturated rings. The molecule has 0 unspecified atom stereocenters. The predicted molar refractivity (Wildman–Crippen MR) is 78.8 cm³/mol. The summed E-state index contributed by atoms with van der Waals surface area (Å²) in [4.78, 5) is 6.72. The van der Waals surface area contributed by atoms with Crippen molar-refractivity contribution in [1.82, 2.24) is 9.88 Å². The molecule has 106 valence electrons. The Balaban J connectivity index is 1.75. The maximum Gasteiger partial charge on any atom is 0.221 e. The molecule has 1 N–H and O–H groups in total. The molecule has 3 rings (SSSR count). The summed E-state index contributed by atoms with van der Waals surface area (Å²) in [7, 11) is 2.14. The molecule has 0 spiro atoms. The van der Waals surface area contributed by atoms with Crippen molar-refractivity contribution in [3.63, 3.8) is 0 Å². The van der Waals surface area contributed by atoms with Crippen LogP contribution >= 0.6 is 0 Å². The molecular formula is C16H20N2O2. The molecule has 1 aliphatic rings. The van der Waals surface area contributed by atoms with Gasteiger partial charge in [0.05, 0.1) is 12.3 Å². The van der Waals surface area contributed by atoms with Gasteiger partial charge in [0.1, 0.15) is 6.61 Å². The van der Waals surface area contributed by atoms with Gasteiger partial charge in [0.25, 0.3) is 0 Å². The second-order valence-corrected chi connectivity index (χ2v) is 5.36. The van der Waals surface area contributed by atoms with E-state index < -0.39 is 0 Å². The Kier molecular flexibility index (Phi) is 3.85. The molecule has 1 heterocycles. The van der Waals surface area contributed by atoms with Crippen molar-refractivity contribution in [2.75, 3.05) is 20.2 Å². The molecule has 1 aromatic heterocycles. The van der Waals surface area contributed by atoms with Crippen LogP contribution in [0.2, 0.25) is 0 Å². The fourth-order valence-corrected chi connectivity index (χ4v) is 2.40. The summed E-state index contributed by atoms with van der Waals surface area (Å²) in [6.45, 7) is 1.46. The highest BCUT2D eigenvalue weighted by Gasteiger charge is 2.25. The summed E-state index contributed by atoms with van der Waals surface area (Å²) in [5.74, 6) is 0.622. The summed E-state index contributed by atoms with van der Waals surface area (Å²) in [6.07, 6.45) is 2.61. The Morgan fingerprint density at radius 2 is 2.15 bits per heavy atom. The zero-order valence-corrected chi connectivity index (χ0v) is 11.7. The van der Waals surface area contributed by atoms with Crippen molar-refractivity contribution in [3.8, 4) is 5.88 Å². The first kappa shape index (κ1) is 13.3.